The predicted octanol–water partition coefficient (Wildman–Crippen LogP) is 0.409. The molecule has 2 rings (SSSR count). The fourth-order valence-corrected chi connectivity index (χ4v) is 2.39. The average molecular weight is 347 g/mol. The molecule has 0 atom stereocenters. The Labute approximate surface area is 143 Å². The van der Waals surface area contributed by atoms with Gasteiger partial charge in [-0.05, 0) is 18.1 Å². The number of rotatable bonds is 8. The van der Waals surface area contributed by atoms with Crippen molar-refractivity contribution in [1.82, 2.24) is 10.2 Å². The largest absolute Gasteiger partial charge is 0.391 e. The van der Waals surface area contributed by atoms with E-state index < -0.39 is 11.5 Å². The van der Waals surface area contributed by atoms with Gasteiger partial charge in [-0.15, -0.1) is 0 Å². The predicted molar refractivity (Wildman–Crippen MR) is 86.0 cm³/mol. The Morgan fingerprint density at radius 1 is 1.24 bits per heavy atom. The number of imide groups is 1. The second-order valence-electron chi connectivity index (χ2n) is 5.42. The number of hydrogen-bond acceptors (Lipinski definition) is 6. The van der Waals surface area contributed by atoms with Gasteiger partial charge < -0.3 is 10.4 Å². The first-order chi connectivity index (χ1) is 11.9. The van der Waals surface area contributed by atoms with Crippen molar-refractivity contribution in [3.63, 3.8) is 0 Å². The Morgan fingerprint density at radius 3 is 2.52 bits per heavy atom. The van der Waals surface area contributed by atoms with Gasteiger partial charge in [-0.1, -0.05) is 6.07 Å². The molecule has 0 aliphatic carbocycles. The molecule has 0 bridgehead atoms. The molecular formula is C16H17N3O6. The highest BCUT2D eigenvalue weighted by Gasteiger charge is 2.22. The highest BCUT2D eigenvalue weighted by molar-refractivity contribution is 6.12. The summed E-state index contributed by atoms with van der Waals surface area (Å²) in [5.74, 6) is -1.03. The van der Waals surface area contributed by atoms with Crippen LogP contribution in [0.5, 0.6) is 0 Å². The van der Waals surface area contributed by atoms with Crippen molar-refractivity contribution in [3.05, 3.63) is 51.6 Å². The molecule has 1 aliphatic heterocycles. The number of carbonyl (C=O) groups is 3. The second-order valence-corrected chi connectivity index (χ2v) is 5.42. The third kappa shape index (κ3) is 4.70. The van der Waals surface area contributed by atoms with Crippen LogP contribution in [0.2, 0.25) is 0 Å². The first-order valence-electron chi connectivity index (χ1n) is 7.59. The Hall–Kier alpha value is -3.07. The Kier molecular flexibility index (Phi) is 5.96. The summed E-state index contributed by atoms with van der Waals surface area (Å²) in [4.78, 5) is 45.8. The van der Waals surface area contributed by atoms with Crippen LogP contribution in [0.15, 0.2) is 30.4 Å². The lowest BCUT2D eigenvalue weighted by Gasteiger charge is -2.13. The maximum absolute atomic E-state index is 11.8. The van der Waals surface area contributed by atoms with Crippen LogP contribution in [0.1, 0.15) is 24.0 Å². The van der Waals surface area contributed by atoms with Crippen LogP contribution in [0.3, 0.4) is 0 Å². The number of amides is 3. The number of nitro benzene ring substituents is 1. The topological polar surface area (TPSA) is 130 Å². The summed E-state index contributed by atoms with van der Waals surface area (Å²) in [6, 6.07) is 4.25. The SMILES string of the molecule is O=C(CCCN1C(=O)C=CC1=O)NCc1ccc([N+](=O)[O-])c(CO)c1. The quantitative estimate of drug-likeness (QED) is 0.398. The van der Waals surface area contributed by atoms with E-state index in [1.165, 1.54) is 30.4 Å². The zero-order chi connectivity index (χ0) is 18.4. The summed E-state index contributed by atoms with van der Waals surface area (Å²) in [6.07, 6.45) is 2.86. The molecule has 132 valence electrons. The van der Waals surface area contributed by atoms with Crippen molar-refractivity contribution in [1.29, 1.82) is 0 Å². The standard InChI is InChI=1S/C16H17N3O6/c20-10-12-8-11(3-4-13(12)19(24)25)9-17-14(21)2-1-7-18-15(22)5-6-16(18)23/h3-6,8,20H,1-2,7,9-10H2,(H,17,21). The Balaban J connectivity index is 1.79. The summed E-state index contributed by atoms with van der Waals surface area (Å²) < 4.78 is 0. The third-order valence-electron chi connectivity index (χ3n) is 3.69. The van der Waals surface area contributed by atoms with Crippen molar-refractivity contribution in [2.24, 2.45) is 0 Å². The molecule has 9 nitrogen and oxygen atoms in total. The minimum atomic E-state index is -0.580. The van der Waals surface area contributed by atoms with Gasteiger partial charge >= 0.3 is 0 Å². The number of hydrogen-bond donors (Lipinski definition) is 2. The van der Waals surface area contributed by atoms with Crippen molar-refractivity contribution < 1.29 is 24.4 Å². The van der Waals surface area contributed by atoms with Crippen LogP contribution in [0.4, 0.5) is 5.69 Å². The Morgan fingerprint density at radius 2 is 1.92 bits per heavy atom. The molecule has 0 fully saturated rings. The molecule has 3 amide bonds. The van der Waals surface area contributed by atoms with Crippen LogP contribution in [-0.2, 0) is 27.5 Å². The van der Waals surface area contributed by atoms with Gasteiger partial charge in [0.25, 0.3) is 17.5 Å². The molecule has 1 heterocycles. The van der Waals surface area contributed by atoms with Crippen LogP contribution in [0.25, 0.3) is 0 Å². The maximum Gasteiger partial charge on any atom is 0.274 e. The van der Waals surface area contributed by atoms with Crippen molar-refractivity contribution in [2.75, 3.05) is 6.54 Å². The molecule has 25 heavy (non-hydrogen) atoms. The van der Waals surface area contributed by atoms with Gasteiger partial charge in [-0.2, -0.15) is 0 Å². The fraction of sp³-hybridized carbons (Fsp3) is 0.312. The molecule has 2 N–H and O–H groups in total. The van der Waals surface area contributed by atoms with Crippen molar-refractivity contribution >= 4 is 23.4 Å². The van der Waals surface area contributed by atoms with Gasteiger partial charge in [-0.3, -0.25) is 29.4 Å². The minimum absolute atomic E-state index is 0.136. The molecule has 0 unspecified atom stereocenters. The number of benzene rings is 1. The summed E-state index contributed by atoms with van der Waals surface area (Å²) in [7, 11) is 0. The lowest BCUT2D eigenvalue weighted by Crippen LogP contribution is -2.32. The molecular weight excluding hydrogens is 330 g/mol. The van der Waals surface area contributed by atoms with Crippen LogP contribution >= 0.6 is 0 Å². The normalized spacial score (nSPS) is 13.4. The summed E-state index contributed by atoms with van der Waals surface area (Å²) in [5, 5.41) is 22.6. The van der Waals surface area contributed by atoms with E-state index in [4.69, 9.17) is 0 Å². The van der Waals surface area contributed by atoms with Crippen LogP contribution in [-0.4, -0.2) is 39.2 Å². The molecule has 9 heteroatoms. The number of aliphatic hydroxyl groups excluding tert-OH is 1. The fourth-order valence-electron chi connectivity index (χ4n) is 2.39. The minimum Gasteiger partial charge on any atom is -0.391 e. The zero-order valence-corrected chi connectivity index (χ0v) is 13.3. The molecule has 1 aromatic carbocycles. The van der Waals surface area contributed by atoms with E-state index in [2.05, 4.69) is 5.32 Å². The second kappa shape index (κ2) is 8.15. The van der Waals surface area contributed by atoms with Crippen molar-refractivity contribution in [3.8, 4) is 0 Å². The van der Waals surface area contributed by atoms with E-state index in [0.29, 0.717) is 12.0 Å². The molecule has 0 aromatic heterocycles. The molecule has 1 aromatic rings. The maximum atomic E-state index is 11.8. The van der Waals surface area contributed by atoms with Crippen molar-refractivity contribution in [2.45, 2.75) is 26.0 Å². The number of nitrogens with zero attached hydrogens (tertiary/aromatic N) is 2. The van der Waals surface area contributed by atoms with E-state index in [1.807, 2.05) is 0 Å². The van der Waals surface area contributed by atoms with E-state index in [1.54, 1.807) is 0 Å². The Bertz CT molecular complexity index is 725. The van der Waals surface area contributed by atoms with Gasteiger partial charge in [0.05, 0.1) is 17.1 Å². The molecule has 0 saturated heterocycles. The smallest absolute Gasteiger partial charge is 0.274 e. The summed E-state index contributed by atoms with van der Waals surface area (Å²) in [5.41, 5.74) is 0.624. The van der Waals surface area contributed by atoms with Crippen LogP contribution < -0.4 is 5.32 Å². The lowest BCUT2D eigenvalue weighted by molar-refractivity contribution is -0.385. The molecule has 0 radical (unpaired) electrons. The number of nitrogens with one attached hydrogen (secondary N) is 1. The first kappa shape index (κ1) is 18.3. The highest BCUT2D eigenvalue weighted by atomic mass is 16.6. The number of nitro groups is 1. The molecule has 1 aliphatic rings. The lowest BCUT2D eigenvalue weighted by atomic mass is 10.1. The summed E-state index contributed by atoms with van der Waals surface area (Å²) in [6.45, 7) is -0.138. The van der Waals surface area contributed by atoms with E-state index in [0.717, 1.165) is 4.90 Å². The van der Waals surface area contributed by atoms with Gasteiger partial charge in [0.2, 0.25) is 5.91 Å². The number of carbonyl (C=O) groups excluding carboxylic acids is 3. The average Bonchev–Trinajstić information content (AvgIpc) is 2.91. The van der Waals surface area contributed by atoms with Gasteiger partial charge in [0, 0.05) is 37.7 Å². The molecule has 0 spiro atoms. The van der Waals surface area contributed by atoms with Gasteiger partial charge in [0.1, 0.15) is 0 Å². The first-order valence-corrected chi connectivity index (χ1v) is 7.59. The summed E-state index contributed by atoms with van der Waals surface area (Å²) >= 11 is 0. The van der Waals surface area contributed by atoms with E-state index in [9.17, 15) is 29.6 Å². The van der Waals surface area contributed by atoms with E-state index in [-0.39, 0.29) is 48.5 Å². The molecule has 0 saturated carbocycles. The number of aliphatic hydroxyl groups is 1. The monoisotopic (exact) mass is 347 g/mol. The highest BCUT2D eigenvalue weighted by Crippen LogP contribution is 2.20. The zero-order valence-electron chi connectivity index (χ0n) is 13.3. The van der Waals surface area contributed by atoms with Gasteiger partial charge in [0.15, 0.2) is 0 Å². The van der Waals surface area contributed by atoms with Gasteiger partial charge in [-0.25, -0.2) is 0 Å². The van der Waals surface area contributed by atoms with Crippen LogP contribution in [0, 0.1) is 10.1 Å². The van der Waals surface area contributed by atoms with E-state index >= 15 is 0 Å². The third-order valence-corrected chi connectivity index (χ3v) is 3.69.